The van der Waals surface area contributed by atoms with E-state index in [4.69, 9.17) is 9.47 Å². The SMILES string of the molecule is CCOc1cccc([C@H]2O[C@H](CC(=O)O)c3nnc(C(F)(F)CO)n3-c3ccc(C(F)(F)F)cc32)c1Br. The van der Waals surface area contributed by atoms with Crippen LogP contribution in [0.3, 0.4) is 0 Å². The van der Waals surface area contributed by atoms with E-state index < -0.39 is 54.7 Å². The van der Waals surface area contributed by atoms with Crippen molar-refractivity contribution >= 4 is 21.9 Å². The number of rotatable bonds is 7. The number of carbonyl (C=O) groups is 1. The molecule has 2 N–H and O–H groups in total. The van der Waals surface area contributed by atoms with Crippen LogP contribution in [0.25, 0.3) is 5.69 Å². The Hall–Kier alpha value is -3.10. The van der Waals surface area contributed by atoms with Crippen molar-refractivity contribution in [3.63, 3.8) is 0 Å². The summed E-state index contributed by atoms with van der Waals surface area (Å²) in [6.45, 7) is 0.325. The molecule has 1 aliphatic heterocycles. The summed E-state index contributed by atoms with van der Waals surface area (Å²) in [5, 5.41) is 25.9. The quantitative estimate of drug-likeness (QED) is 0.365. The van der Waals surface area contributed by atoms with E-state index in [9.17, 15) is 37.0 Å². The minimum atomic E-state index is -4.79. The van der Waals surface area contributed by atoms with Crippen molar-refractivity contribution in [2.75, 3.05) is 13.2 Å². The van der Waals surface area contributed by atoms with Crippen LogP contribution >= 0.6 is 15.9 Å². The Labute approximate surface area is 214 Å². The van der Waals surface area contributed by atoms with E-state index in [0.29, 0.717) is 16.3 Å². The van der Waals surface area contributed by atoms with Gasteiger partial charge in [-0.25, -0.2) is 0 Å². The number of hydrogen-bond donors (Lipinski definition) is 2. The molecule has 0 fully saturated rings. The van der Waals surface area contributed by atoms with Gasteiger partial charge in [-0.2, -0.15) is 22.0 Å². The molecule has 0 aliphatic carbocycles. The molecule has 2 atom stereocenters. The maximum atomic E-state index is 14.7. The maximum Gasteiger partial charge on any atom is 0.416 e. The lowest BCUT2D eigenvalue weighted by Gasteiger charge is -2.24. The van der Waals surface area contributed by atoms with Crippen LogP contribution in [0.5, 0.6) is 5.75 Å². The third kappa shape index (κ3) is 5.05. The van der Waals surface area contributed by atoms with Crippen molar-refractivity contribution in [3.8, 4) is 11.4 Å². The van der Waals surface area contributed by atoms with Crippen molar-refractivity contribution in [1.29, 1.82) is 0 Å². The number of fused-ring (bicyclic) bond motifs is 3. The van der Waals surface area contributed by atoms with Gasteiger partial charge in [0.15, 0.2) is 5.82 Å². The summed E-state index contributed by atoms with van der Waals surface area (Å²) >= 11 is 3.38. The number of hydrogen-bond acceptors (Lipinski definition) is 6. The molecule has 3 aromatic rings. The summed E-state index contributed by atoms with van der Waals surface area (Å²) in [6, 6.07) is 7.09. The molecule has 0 saturated carbocycles. The minimum Gasteiger partial charge on any atom is -0.493 e. The van der Waals surface area contributed by atoms with E-state index in [1.807, 2.05) is 0 Å². The Kier molecular flexibility index (Phi) is 7.27. The molecule has 1 aliphatic rings. The number of aromatic nitrogens is 3. The van der Waals surface area contributed by atoms with Crippen LogP contribution in [-0.4, -0.2) is 44.2 Å². The second kappa shape index (κ2) is 9.99. The Morgan fingerprint density at radius 2 is 1.89 bits per heavy atom. The summed E-state index contributed by atoms with van der Waals surface area (Å²) in [5.74, 6) is -6.44. The minimum absolute atomic E-state index is 0.192. The largest absolute Gasteiger partial charge is 0.493 e. The molecule has 2 aromatic carbocycles. The molecular formula is C23H19BrF5N3O5. The molecule has 0 amide bonds. The number of alkyl halides is 5. The third-order valence-corrected chi connectivity index (χ3v) is 6.46. The first-order valence-corrected chi connectivity index (χ1v) is 11.6. The third-order valence-electron chi connectivity index (χ3n) is 5.62. The van der Waals surface area contributed by atoms with E-state index in [0.717, 1.165) is 16.7 Å². The first-order valence-electron chi connectivity index (χ1n) is 10.8. The number of aliphatic carboxylic acids is 1. The van der Waals surface area contributed by atoms with Crippen LogP contribution in [-0.2, 0) is 21.6 Å². The predicted molar refractivity (Wildman–Crippen MR) is 121 cm³/mol. The standard InChI is InChI=1S/C23H19BrF5N3O5/c1-2-36-15-5-3-4-12(18(15)24)19-13-8-11(23(27,28)29)6-7-14(13)32-20(16(37-19)9-17(34)35)30-31-21(32)22(25,26)10-33/h3-8,16,19,33H,2,9-10H2,1H3,(H,34,35)/t16-,19-/m1/s1. The van der Waals surface area contributed by atoms with Crippen molar-refractivity contribution < 1.29 is 46.4 Å². The summed E-state index contributed by atoms with van der Waals surface area (Å²) in [6.07, 6.45) is -8.41. The fraction of sp³-hybridized carbons (Fsp3) is 0.348. The topological polar surface area (TPSA) is 107 Å². The first-order chi connectivity index (χ1) is 17.4. The molecule has 0 saturated heterocycles. The number of nitrogens with zero attached hydrogens (tertiary/aromatic N) is 3. The van der Waals surface area contributed by atoms with Crippen LogP contribution in [0.15, 0.2) is 40.9 Å². The number of halogens is 6. The van der Waals surface area contributed by atoms with Crippen LogP contribution in [0, 0.1) is 0 Å². The van der Waals surface area contributed by atoms with Crippen LogP contribution in [0.2, 0.25) is 0 Å². The van der Waals surface area contributed by atoms with Gasteiger partial charge in [0.25, 0.3) is 0 Å². The van der Waals surface area contributed by atoms with E-state index >= 15 is 0 Å². The molecule has 0 radical (unpaired) electrons. The normalized spacial score (nSPS) is 17.6. The smallest absolute Gasteiger partial charge is 0.416 e. The number of ether oxygens (including phenoxy) is 2. The van der Waals surface area contributed by atoms with Crippen LogP contribution in [0.4, 0.5) is 22.0 Å². The number of carboxylic acid groups (broad SMARTS) is 1. The number of aliphatic hydroxyl groups is 1. The van der Waals surface area contributed by atoms with Gasteiger partial charge in [0.1, 0.15) is 24.6 Å². The molecule has 2 heterocycles. The van der Waals surface area contributed by atoms with E-state index in [1.54, 1.807) is 19.1 Å². The van der Waals surface area contributed by atoms with Gasteiger partial charge in [-0.05, 0) is 47.1 Å². The van der Waals surface area contributed by atoms with Crippen molar-refractivity contribution in [2.45, 2.75) is 37.7 Å². The highest BCUT2D eigenvalue weighted by atomic mass is 79.9. The fourth-order valence-electron chi connectivity index (χ4n) is 4.03. The highest BCUT2D eigenvalue weighted by Gasteiger charge is 2.44. The lowest BCUT2D eigenvalue weighted by Crippen LogP contribution is -2.25. The van der Waals surface area contributed by atoms with Gasteiger partial charge >= 0.3 is 18.1 Å². The second-order valence-corrected chi connectivity index (χ2v) is 8.84. The van der Waals surface area contributed by atoms with Gasteiger partial charge < -0.3 is 19.7 Å². The highest BCUT2D eigenvalue weighted by Crippen LogP contribution is 2.47. The van der Waals surface area contributed by atoms with Gasteiger partial charge in [0.05, 0.1) is 28.8 Å². The molecule has 8 nitrogen and oxygen atoms in total. The van der Waals surface area contributed by atoms with E-state index in [1.165, 1.54) is 6.07 Å². The molecule has 0 unspecified atom stereocenters. The summed E-state index contributed by atoms with van der Waals surface area (Å²) < 4.78 is 83.1. The van der Waals surface area contributed by atoms with Gasteiger partial charge in [0, 0.05) is 11.1 Å². The molecule has 4 rings (SSSR count). The lowest BCUT2D eigenvalue weighted by molar-refractivity contribution is -0.141. The van der Waals surface area contributed by atoms with E-state index in [-0.39, 0.29) is 29.2 Å². The lowest BCUT2D eigenvalue weighted by atomic mass is 9.97. The van der Waals surface area contributed by atoms with Crippen molar-refractivity contribution in [3.05, 3.63) is 69.2 Å². The zero-order valence-electron chi connectivity index (χ0n) is 19.0. The number of carboxylic acids is 1. The first kappa shape index (κ1) is 26.9. The van der Waals surface area contributed by atoms with Crippen LogP contribution < -0.4 is 4.74 Å². The van der Waals surface area contributed by atoms with E-state index in [2.05, 4.69) is 26.1 Å². The fourth-order valence-corrected chi connectivity index (χ4v) is 4.62. The number of benzene rings is 2. The Bertz CT molecular complexity index is 1330. The van der Waals surface area contributed by atoms with Gasteiger partial charge in [-0.1, -0.05) is 12.1 Å². The summed E-state index contributed by atoms with van der Waals surface area (Å²) in [5.41, 5.74) is -1.22. The molecule has 0 spiro atoms. The van der Waals surface area contributed by atoms with Crippen molar-refractivity contribution in [1.82, 2.24) is 14.8 Å². The van der Waals surface area contributed by atoms with Crippen LogP contribution in [0.1, 0.15) is 53.9 Å². The molecule has 0 bridgehead atoms. The highest BCUT2D eigenvalue weighted by molar-refractivity contribution is 9.10. The molecule has 37 heavy (non-hydrogen) atoms. The summed E-state index contributed by atoms with van der Waals surface area (Å²) in [7, 11) is 0. The Balaban J connectivity index is 2.06. The molecule has 1 aromatic heterocycles. The Morgan fingerprint density at radius 3 is 2.51 bits per heavy atom. The van der Waals surface area contributed by atoms with Gasteiger partial charge in [0.2, 0.25) is 5.82 Å². The second-order valence-electron chi connectivity index (χ2n) is 8.05. The molecular weight excluding hydrogens is 573 g/mol. The predicted octanol–water partition coefficient (Wildman–Crippen LogP) is 5.17. The van der Waals surface area contributed by atoms with Gasteiger partial charge in [-0.3, -0.25) is 9.36 Å². The zero-order chi connectivity index (χ0) is 27.1. The van der Waals surface area contributed by atoms with Crippen molar-refractivity contribution in [2.24, 2.45) is 0 Å². The average Bonchev–Trinajstić information content (AvgIpc) is 3.23. The monoisotopic (exact) mass is 591 g/mol. The Morgan fingerprint density at radius 1 is 1.16 bits per heavy atom. The zero-order valence-corrected chi connectivity index (χ0v) is 20.6. The summed E-state index contributed by atoms with van der Waals surface area (Å²) in [4.78, 5) is 11.7. The molecule has 14 heteroatoms. The molecule has 198 valence electrons. The number of aliphatic hydroxyl groups excluding tert-OH is 1. The maximum absolute atomic E-state index is 14.7. The van der Waals surface area contributed by atoms with Gasteiger partial charge in [-0.15, -0.1) is 10.2 Å². The average molecular weight is 592 g/mol.